The average molecular weight is 496 g/mol. The summed E-state index contributed by atoms with van der Waals surface area (Å²) in [6, 6.07) is 13.3. The molecular formula is C28H37N3O5. The lowest BCUT2D eigenvalue weighted by Gasteiger charge is -2.29. The molecule has 0 aliphatic carbocycles. The fourth-order valence-corrected chi connectivity index (χ4v) is 3.80. The van der Waals surface area contributed by atoms with Crippen molar-refractivity contribution >= 4 is 29.3 Å². The van der Waals surface area contributed by atoms with Crippen molar-refractivity contribution in [3.05, 3.63) is 54.1 Å². The van der Waals surface area contributed by atoms with Crippen LogP contribution in [0.4, 0.5) is 11.4 Å². The number of carbonyl (C=O) groups excluding carboxylic acids is 2. The van der Waals surface area contributed by atoms with Crippen LogP contribution in [0.2, 0.25) is 0 Å². The average Bonchev–Trinajstić information content (AvgIpc) is 2.91. The fraction of sp³-hybridized carbons (Fsp3) is 0.429. The van der Waals surface area contributed by atoms with Crippen molar-refractivity contribution in [2.45, 2.75) is 26.7 Å². The number of rotatable bonds is 12. The molecule has 36 heavy (non-hydrogen) atoms. The van der Waals surface area contributed by atoms with Gasteiger partial charge in [-0.25, -0.2) is 0 Å². The first-order valence-electron chi connectivity index (χ1n) is 12.5. The van der Waals surface area contributed by atoms with Crippen LogP contribution >= 0.6 is 0 Å². The molecule has 3 rings (SSSR count). The van der Waals surface area contributed by atoms with Crippen LogP contribution in [-0.2, 0) is 14.3 Å². The summed E-state index contributed by atoms with van der Waals surface area (Å²) >= 11 is 0. The van der Waals surface area contributed by atoms with E-state index in [0.29, 0.717) is 30.3 Å². The van der Waals surface area contributed by atoms with E-state index in [4.69, 9.17) is 14.2 Å². The zero-order chi connectivity index (χ0) is 25.8. The Kier molecular flexibility index (Phi) is 10.6. The lowest BCUT2D eigenvalue weighted by atomic mass is 10.2. The minimum absolute atomic E-state index is 0.0293. The summed E-state index contributed by atoms with van der Waals surface area (Å²) < 4.78 is 16.6. The molecule has 194 valence electrons. The molecule has 0 radical (unpaired) electrons. The molecule has 1 saturated heterocycles. The quantitative estimate of drug-likeness (QED) is 0.351. The van der Waals surface area contributed by atoms with E-state index in [2.05, 4.69) is 17.1 Å². The van der Waals surface area contributed by atoms with Gasteiger partial charge in [0.25, 0.3) is 0 Å². The zero-order valence-electron chi connectivity index (χ0n) is 21.5. The van der Waals surface area contributed by atoms with E-state index >= 15 is 0 Å². The summed E-state index contributed by atoms with van der Waals surface area (Å²) in [6.45, 7) is 8.14. The number of benzene rings is 2. The molecule has 0 aromatic heterocycles. The number of ether oxygens (including phenoxy) is 3. The first-order valence-corrected chi connectivity index (χ1v) is 12.5. The fourth-order valence-electron chi connectivity index (χ4n) is 3.80. The van der Waals surface area contributed by atoms with Gasteiger partial charge in [-0.15, -0.1) is 0 Å². The van der Waals surface area contributed by atoms with E-state index in [1.807, 2.05) is 49.4 Å². The number of nitrogens with one attached hydrogen (secondary N) is 1. The first-order chi connectivity index (χ1) is 17.5. The monoisotopic (exact) mass is 495 g/mol. The van der Waals surface area contributed by atoms with Crippen LogP contribution in [0.25, 0.3) is 6.08 Å². The highest BCUT2D eigenvalue weighted by atomic mass is 16.5. The van der Waals surface area contributed by atoms with E-state index in [-0.39, 0.29) is 18.4 Å². The number of amides is 2. The SMILES string of the molecule is CCCCOc1ccc(/C=C/C(=O)N(CC)CC(=O)Nc2ccc(N3CCOCC3)cc2)cc1OC. The molecule has 1 fully saturated rings. The van der Waals surface area contributed by atoms with Gasteiger partial charge in [0.1, 0.15) is 6.54 Å². The van der Waals surface area contributed by atoms with Crippen molar-refractivity contribution in [2.24, 2.45) is 0 Å². The predicted molar refractivity (Wildman–Crippen MR) is 143 cm³/mol. The Morgan fingerprint density at radius 3 is 2.50 bits per heavy atom. The van der Waals surface area contributed by atoms with Crippen LogP contribution in [0, 0.1) is 0 Å². The van der Waals surface area contributed by atoms with E-state index in [1.165, 1.54) is 11.0 Å². The van der Waals surface area contributed by atoms with Crippen molar-refractivity contribution < 1.29 is 23.8 Å². The number of hydrogen-bond acceptors (Lipinski definition) is 6. The summed E-state index contributed by atoms with van der Waals surface area (Å²) in [6.07, 6.45) is 5.21. The number of morpholine rings is 1. The largest absolute Gasteiger partial charge is 0.493 e. The number of methoxy groups -OCH3 is 1. The molecule has 0 saturated carbocycles. The summed E-state index contributed by atoms with van der Waals surface area (Å²) in [4.78, 5) is 29.1. The first kappa shape index (κ1) is 27.1. The third-order valence-electron chi connectivity index (χ3n) is 5.92. The summed E-state index contributed by atoms with van der Waals surface area (Å²) in [5, 5.41) is 2.88. The van der Waals surface area contributed by atoms with Gasteiger partial charge in [-0.05, 0) is 61.4 Å². The van der Waals surface area contributed by atoms with Gasteiger partial charge in [0.05, 0.1) is 26.9 Å². The topological polar surface area (TPSA) is 80.3 Å². The van der Waals surface area contributed by atoms with Gasteiger partial charge in [-0.3, -0.25) is 9.59 Å². The number of nitrogens with zero attached hydrogens (tertiary/aromatic N) is 2. The summed E-state index contributed by atoms with van der Waals surface area (Å²) in [5.74, 6) is 0.817. The molecule has 1 aliphatic rings. The van der Waals surface area contributed by atoms with Crippen LogP contribution in [-0.4, -0.2) is 69.8 Å². The predicted octanol–water partition coefficient (Wildman–Crippen LogP) is 4.21. The number of unbranched alkanes of at least 4 members (excludes halogenated alkanes) is 1. The second-order valence-electron chi connectivity index (χ2n) is 8.49. The minimum atomic E-state index is -0.243. The Morgan fingerprint density at radius 2 is 1.83 bits per heavy atom. The molecule has 2 aromatic rings. The van der Waals surface area contributed by atoms with Gasteiger partial charge in [-0.2, -0.15) is 0 Å². The third kappa shape index (κ3) is 8.02. The van der Waals surface area contributed by atoms with Gasteiger partial charge in [-0.1, -0.05) is 19.4 Å². The lowest BCUT2D eigenvalue weighted by molar-refractivity contribution is -0.130. The van der Waals surface area contributed by atoms with Gasteiger partial charge < -0.3 is 29.3 Å². The smallest absolute Gasteiger partial charge is 0.247 e. The van der Waals surface area contributed by atoms with Gasteiger partial charge in [0, 0.05) is 37.1 Å². The minimum Gasteiger partial charge on any atom is -0.493 e. The summed E-state index contributed by atoms with van der Waals surface area (Å²) in [7, 11) is 1.59. The molecule has 1 heterocycles. The maximum absolute atomic E-state index is 12.7. The van der Waals surface area contributed by atoms with Crippen molar-refractivity contribution in [1.29, 1.82) is 0 Å². The van der Waals surface area contributed by atoms with Gasteiger partial charge >= 0.3 is 0 Å². The Bertz CT molecular complexity index is 1020. The van der Waals surface area contributed by atoms with Crippen molar-refractivity contribution in [3.8, 4) is 11.5 Å². The van der Waals surface area contributed by atoms with Crippen LogP contribution in [0.1, 0.15) is 32.3 Å². The highest BCUT2D eigenvalue weighted by molar-refractivity contribution is 5.98. The number of likely N-dealkylation sites (N-methyl/N-ethyl adjacent to an activating group) is 1. The highest BCUT2D eigenvalue weighted by Gasteiger charge is 2.15. The maximum atomic E-state index is 12.7. The van der Waals surface area contributed by atoms with E-state index in [0.717, 1.165) is 50.4 Å². The van der Waals surface area contributed by atoms with E-state index in [1.54, 1.807) is 13.2 Å². The van der Waals surface area contributed by atoms with Crippen molar-refractivity contribution in [3.63, 3.8) is 0 Å². The molecule has 1 aliphatic heterocycles. The van der Waals surface area contributed by atoms with Gasteiger partial charge in [0.15, 0.2) is 11.5 Å². The van der Waals surface area contributed by atoms with Crippen LogP contribution < -0.4 is 19.7 Å². The zero-order valence-corrected chi connectivity index (χ0v) is 21.5. The second-order valence-corrected chi connectivity index (χ2v) is 8.49. The van der Waals surface area contributed by atoms with Gasteiger partial charge in [0.2, 0.25) is 11.8 Å². The lowest BCUT2D eigenvalue weighted by Crippen LogP contribution is -2.37. The molecule has 8 nitrogen and oxygen atoms in total. The molecular weight excluding hydrogens is 458 g/mol. The van der Waals surface area contributed by atoms with Crippen LogP contribution in [0.15, 0.2) is 48.5 Å². The molecule has 1 N–H and O–H groups in total. The summed E-state index contributed by atoms with van der Waals surface area (Å²) in [5.41, 5.74) is 2.61. The Hall–Kier alpha value is -3.52. The Balaban J connectivity index is 1.54. The van der Waals surface area contributed by atoms with Crippen molar-refractivity contribution in [1.82, 2.24) is 4.90 Å². The highest BCUT2D eigenvalue weighted by Crippen LogP contribution is 2.28. The maximum Gasteiger partial charge on any atom is 0.247 e. The molecule has 0 atom stereocenters. The number of anilines is 2. The van der Waals surface area contributed by atoms with Crippen LogP contribution in [0.5, 0.6) is 11.5 Å². The molecule has 2 aromatic carbocycles. The standard InChI is InChI=1S/C28H37N3O5/c1-4-6-17-36-25-13-7-22(20-26(25)34-3)8-14-28(33)30(5-2)21-27(32)29-23-9-11-24(12-10-23)31-15-18-35-19-16-31/h7-14,20H,4-6,15-19,21H2,1-3H3,(H,29,32)/b14-8+. The number of hydrogen-bond donors (Lipinski definition) is 1. The molecule has 0 unspecified atom stereocenters. The van der Waals surface area contributed by atoms with Crippen LogP contribution in [0.3, 0.4) is 0 Å². The Morgan fingerprint density at radius 1 is 1.08 bits per heavy atom. The number of carbonyl (C=O) groups is 2. The van der Waals surface area contributed by atoms with E-state index in [9.17, 15) is 9.59 Å². The third-order valence-corrected chi connectivity index (χ3v) is 5.92. The molecule has 0 bridgehead atoms. The molecule has 8 heteroatoms. The van der Waals surface area contributed by atoms with Crippen molar-refractivity contribution in [2.75, 3.05) is 63.3 Å². The second kappa shape index (κ2) is 14.1. The molecule has 0 spiro atoms. The Labute approximate surface area is 213 Å². The van der Waals surface area contributed by atoms with E-state index < -0.39 is 0 Å². The normalized spacial score (nSPS) is 13.5. The molecule has 2 amide bonds.